The molecule has 8 unspecified atom stereocenters. The van der Waals surface area contributed by atoms with E-state index in [1.54, 1.807) is 0 Å². The minimum atomic E-state index is -0.649. The van der Waals surface area contributed by atoms with Gasteiger partial charge in [0.25, 0.3) is 0 Å². The molecule has 4 aliphatic carbocycles. The third kappa shape index (κ3) is 5.20. The summed E-state index contributed by atoms with van der Waals surface area (Å²) in [5.74, 6) is 3.23. The van der Waals surface area contributed by atoms with Crippen molar-refractivity contribution in [2.45, 2.75) is 103 Å². The van der Waals surface area contributed by atoms with Crippen molar-refractivity contribution in [3.63, 3.8) is 0 Å². The number of carboxylic acid groups (broad SMARTS) is 1. The molecular formula is C29H50NO4+. The van der Waals surface area contributed by atoms with E-state index < -0.39 is 5.97 Å². The molecule has 4 aliphatic rings. The Morgan fingerprint density at radius 2 is 1.62 bits per heavy atom. The zero-order valence-electron chi connectivity index (χ0n) is 22.5. The average Bonchev–Trinajstić information content (AvgIpc) is 3.08. The second kappa shape index (κ2) is 9.75. The van der Waals surface area contributed by atoms with Gasteiger partial charge in [0.05, 0.1) is 34.1 Å². The van der Waals surface area contributed by atoms with Crippen LogP contribution >= 0.6 is 0 Å². The number of aliphatic carboxylic acids is 1. The second-order valence-corrected chi connectivity index (χ2v) is 13.9. The first-order chi connectivity index (χ1) is 15.9. The largest absolute Gasteiger partial charge is 0.481 e. The van der Waals surface area contributed by atoms with E-state index >= 15 is 0 Å². The van der Waals surface area contributed by atoms with Gasteiger partial charge in [-0.3, -0.25) is 9.59 Å². The lowest BCUT2D eigenvalue weighted by Gasteiger charge is -2.61. The van der Waals surface area contributed by atoms with Crippen LogP contribution in [0.4, 0.5) is 0 Å². The second-order valence-electron chi connectivity index (χ2n) is 13.9. The molecule has 5 nitrogen and oxygen atoms in total. The summed E-state index contributed by atoms with van der Waals surface area (Å²) in [5.41, 5.74) is 0.817. The average molecular weight is 477 g/mol. The predicted octanol–water partition coefficient (Wildman–Crippen LogP) is 5.91. The fourth-order valence-corrected chi connectivity index (χ4v) is 9.08. The van der Waals surface area contributed by atoms with E-state index in [1.165, 1.54) is 44.9 Å². The van der Waals surface area contributed by atoms with Crippen LogP contribution in [0.1, 0.15) is 97.3 Å². The topological polar surface area (TPSA) is 63.6 Å². The highest BCUT2D eigenvalue weighted by atomic mass is 16.5. The molecule has 4 rings (SSSR count). The molecule has 4 fully saturated rings. The Labute approximate surface area is 207 Å². The fraction of sp³-hybridized carbons (Fsp3) is 0.931. The molecule has 0 spiro atoms. The van der Waals surface area contributed by atoms with Gasteiger partial charge in [-0.05, 0) is 111 Å². The molecule has 34 heavy (non-hydrogen) atoms. The van der Waals surface area contributed by atoms with Crippen LogP contribution in [0.25, 0.3) is 0 Å². The predicted molar refractivity (Wildman–Crippen MR) is 134 cm³/mol. The van der Waals surface area contributed by atoms with E-state index in [4.69, 9.17) is 9.84 Å². The van der Waals surface area contributed by atoms with E-state index in [2.05, 4.69) is 35.0 Å². The summed E-state index contributed by atoms with van der Waals surface area (Å²) in [5, 5.41) is 9.07. The highest BCUT2D eigenvalue weighted by Crippen LogP contribution is 2.68. The zero-order chi connectivity index (χ0) is 24.7. The number of esters is 1. The van der Waals surface area contributed by atoms with E-state index in [1.807, 2.05) is 0 Å². The molecule has 0 aromatic carbocycles. The Morgan fingerprint density at radius 3 is 2.32 bits per heavy atom. The summed E-state index contributed by atoms with van der Waals surface area (Å²) in [4.78, 5) is 23.5. The maximum Gasteiger partial charge on any atom is 0.311 e. The summed E-state index contributed by atoms with van der Waals surface area (Å²) in [6.45, 7) is 5.95. The minimum absolute atomic E-state index is 0.0105. The monoisotopic (exact) mass is 476 g/mol. The van der Waals surface area contributed by atoms with E-state index in [-0.39, 0.29) is 12.1 Å². The van der Waals surface area contributed by atoms with Crippen molar-refractivity contribution in [3.8, 4) is 0 Å². The van der Waals surface area contributed by atoms with Gasteiger partial charge in [0, 0.05) is 6.42 Å². The number of carbonyl (C=O) groups excluding carboxylic acids is 1. The van der Waals surface area contributed by atoms with Crippen LogP contribution in [-0.4, -0.2) is 55.3 Å². The van der Waals surface area contributed by atoms with Crippen molar-refractivity contribution in [2.24, 2.45) is 40.4 Å². The van der Waals surface area contributed by atoms with Gasteiger partial charge in [-0.2, -0.15) is 0 Å². The highest BCUT2D eigenvalue weighted by molar-refractivity contribution is 5.69. The maximum atomic E-state index is 12.5. The number of quaternary nitrogens is 1. The summed E-state index contributed by atoms with van der Waals surface area (Å²) >= 11 is 0. The molecule has 0 bridgehead atoms. The Hall–Kier alpha value is -1.10. The van der Waals surface area contributed by atoms with Crippen molar-refractivity contribution in [2.75, 3.05) is 27.7 Å². The van der Waals surface area contributed by atoms with Gasteiger partial charge in [0.2, 0.25) is 0 Å². The van der Waals surface area contributed by atoms with Gasteiger partial charge in [0.15, 0.2) is 0 Å². The number of nitrogens with zero attached hydrogens (tertiary/aromatic N) is 1. The minimum Gasteiger partial charge on any atom is -0.481 e. The number of carboxylic acids is 1. The Morgan fingerprint density at radius 1 is 0.912 bits per heavy atom. The number of carbonyl (C=O) groups is 2. The third-order valence-electron chi connectivity index (χ3n) is 11.0. The zero-order valence-corrected chi connectivity index (χ0v) is 22.5. The van der Waals surface area contributed by atoms with Gasteiger partial charge in [-0.1, -0.05) is 13.8 Å². The van der Waals surface area contributed by atoms with Crippen molar-refractivity contribution in [1.82, 2.24) is 0 Å². The van der Waals surface area contributed by atoms with Crippen LogP contribution in [0.2, 0.25) is 0 Å². The lowest BCUT2D eigenvalue weighted by Crippen LogP contribution is -2.54. The van der Waals surface area contributed by atoms with Crippen LogP contribution in [0.3, 0.4) is 0 Å². The van der Waals surface area contributed by atoms with Gasteiger partial charge >= 0.3 is 11.9 Å². The normalized spacial score (nSPS) is 41.8. The first kappa shape index (κ1) is 26.0. The van der Waals surface area contributed by atoms with Crippen LogP contribution in [0.5, 0.6) is 0 Å². The van der Waals surface area contributed by atoms with Crippen LogP contribution in [-0.2, 0) is 14.3 Å². The molecule has 0 aliphatic heterocycles. The number of ether oxygens (including phenoxy) is 1. The summed E-state index contributed by atoms with van der Waals surface area (Å²) in [7, 11) is 6.36. The van der Waals surface area contributed by atoms with Crippen LogP contribution < -0.4 is 0 Å². The lowest BCUT2D eigenvalue weighted by molar-refractivity contribution is -0.869. The fourth-order valence-electron chi connectivity index (χ4n) is 9.08. The molecule has 4 saturated carbocycles. The first-order valence-corrected chi connectivity index (χ1v) is 14.1. The molecule has 0 radical (unpaired) electrons. The quantitative estimate of drug-likeness (QED) is 0.349. The number of hydrogen-bond acceptors (Lipinski definition) is 3. The summed E-state index contributed by atoms with van der Waals surface area (Å²) < 4.78 is 6.78. The number of fused-ring (bicyclic) bond motifs is 5. The number of hydrogen-bond donors (Lipinski definition) is 1. The molecule has 1 N–H and O–H groups in total. The van der Waals surface area contributed by atoms with Gasteiger partial charge in [0.1, 0.15) is 6.10 Å². The Bertz CT molecular complexity index is 760. The van der Waals surface area contributed by atoms with Crippen molar-refractivity contribution in [1.29, 1.82) is 0 Å². The first-order valence-electron chi connectivity index (χ1n) is 14.1. The summed E-state index contributed by atoms with van der Waals surface area (Å²) in [6.07, 6.45) is 14.1. The van der Waals surface area contributed by atoms with Crippen LogP contribution in [0, 0.1) is 40.4 Å². The molecule has 0 aromatic rings. The maximum absolute atomic E-state index is 12.5. The molecule has 5 heteroatoms. The SMILES string of the molecule is CC12CCC3C(CCC4CC(OC(=O)CC[N+](C)(C)C)CCC43C)C1CCC2CCCC(=O)O. The standard InChI is InChI=1S/C29H49NO4/c1-28-17-14-25-23(24(28)12-10-20(28)7-6-8-26(31)32)11-9-21-19-22(13-16-29(21,25)2)34-27(33)15-18-30(3,4)5/h20-25H,6-19H2,1-5H3/p+1. The molecule has 0 heterocycles. The lowest BCUT2D eigenvalue weighted by atomic mass is 9.44. The number of rotatable bonds is 8. The third-order valence-corrected chi connectivity index (χ3v) is 11.0. The highest BCUT2D eigenvalue weighted by Gasteiger charge is 2.60. The smallest absolute Gasteiger partial charge is 0.311 e. The van der Waals surface area contributed by atoms with Gasteiger partial charge < -0.3 is 14.3 Å². The Kier molecular flexibility index (Phi) is 7.45. The molecule has 0 aromatic heterocycles. The van der Waals surface area contributed by atoms with E-state index in [9.17, 15) is 9.59 Å². The van der Waals surface area contributed by atoms with Gasteiger partial charge in [-0.15, -0.1) is 0 Å². The van der Waals surface area contributed by atoms with Crippen molar-refractivity contribution in [3.05, 3.63) is 0 Å². The molecule has 0 saturated heterocycles. The van der Waals surface area contributed by atoms with Crippen molar-refractivity contribution < 1.29 is 23.9 Å². The van der Waals surface area contributed by atoms with E-state index in [0.29, 0.717) is 35.5 Å². The summed E-state index contributed by atoms with van der Waals surface area (Å²) in [6, 6.07) is 0. The molecular weight excluding hydrogens is 426 g/mol. The van der Waals surface area contributed by atoms with Crippen LogP contribution in [0.15, 0.2) is 0 Å². The van der Waals surface area contributed by atoms with E-state index in [0.717, 1.165) is 54.5 Å². The van der Waals surface area contributed by atoms with Crippen molar-refractivity contribution >= 4 is 11.9 Å². The van der Waals surface area contributed by atoms with Gasteiger partial charge in [-0.25, -0.2) is 0 Å². The molecule has 0 amide bonds. The molecule has 8 atom stereocenters. The molecule has 194 valence electrons. The Balaban J connectivity index is 1.35.